The maximum atomic E-state index is 10.8. The van der Waals surface area contributed by atoms with E-state index >= 15 is 0 Å². The van der Waals surface area contributed by atoms with Crippen LogP contribution in [-0.4, -0.2) is 23.0 Å². The van der Waals surface area contributed by atoms with Crippen molar-refractivity contribution in [1.82, 2.24) is 5.32 Å². The molecule has 0 spiro atoms. The lowest BCUT2D eigenvalue weighted by molar-refractivity contribution is -0.119. The van der Waals surface area contributed by atoms with Crippen molar-refractivity contribution in [3.8, 4) is 0 Å². The minimum atomic E-state index is -0.219. The smallest absolute Gasteiger partial charge is 0.230 e. The normalized spacial score (nSPS) is 11.2. The van der Waals surface area contributed by atoms with Gasteiger partial charge in [-0.1, -0.05) is 0 Å². The monoisotopic (exact) mass is 179 g/mol. The van der Waals surface area contributed by atoms with E-state index in [4.69, 9.17) is 0 Å². The second kappa shape index (κ2) is 4.13. The number of carbonyl (C=O) groups excluding carboxylic acids is 1. The molecule has 0 fully saturated rings. The summed E-state index contributed by atoms with van der Waals surface area (Å²) in [5.41, 5.74) is -0.219. The Morgan fingerprint density at radius 1 is 1.50 bits per heavy atom. The molecule has 1 amide bonds. The van der Waals surface area contributed by atoms with Crippen molar-refractivity contribution >= 4 is 31.2 Å². The van der Waals surface area contributed by atoms with E-state index in [2.05, 4.69) is 30.6 Å². The van der Waals surface area contributed by atoms with Gasteiger partial charge in [-0.2, -0.15) is 25.3 Å². The molecular weight excluding hydrogens is 166 g/mol. The molecule has 0 rings (SSSR count). The summed E-state index contributed by atoms with van der Waals surface area (Å²) in [7, 11) is 0. The van der Waals surface area contributed by atoms with Gasteiger partial charge in [-0.3, -0.25) is 4.79 Å². The number of carbonyl (C=O) groups is 1. The molecule has 0 unspecified atom stereocenters. The number of hydrogen-bond acceptors (Lipinski definition) is 3. The van der Waals surface area contributed by atoms with Crippen molar-refractivity contribution in [2.75, 3.05) is 11.5 Å². The molecular formula is C6H13NOS2. The Kier molecular flexibility index (Phi) is 4.20. The van der Waals surface area contributed by atoms with Gasteiger partial charge in [0, 0.05) is 11.3 Å². The molecule has 0 saturated carbocycles. The van der Waals surface area contributed by atoms with Crippen molar-refractivity contribution in [2.24, 2.45) is 0 Å². The zero-order valence-electron chi connectivity index (χ0n) is 6.22. The highest BCUT2D eigenvalue weighted by molar-refractivity contribution is 7.81. The number of nitrogens with one attached hydrogen (secondary N) is 1. The summed E-state index contributed by atoms with van der Waals surface area (Å²) >= 11 is 7.90. The Morgan fingerprint density at radius 2 is 2.00 bits per heavy atom. The SMILES string of the molecule is CC(C)(CS)NC(=O)CS. The zero-order valence-corrected chi connectivity index (χ0v) is 8.01. The number of hydrogen-bond donors (Lipinski definition) is 3. The fraction of sp³-hybridized carbons (Fsp3) is 0.833. The summed E-state index contributed by atoms with van der Waals surface area (Å²) in [4.78, 5) is 10.8. The Bertz CT molecular complexity index is 125. The fourth-order valence-electron chi connectivity index (χ4n) is 0.456. The predicted octanol–water partition coefficient (Wildman–Crippen LogP) is 0.741. The molecule has 0 aromatic carbocycles. The van der Waals surface area contributed by atoms with Gasteiger partial charge >= 0.3 is 0 Å². The van der Waals surface area contributed by atoms with E-state index in [1.165, 1.54) is 0 Å². The van der Waals surface area contributed by atoms with Crippen molar-refractivity contribution in [3.05, 3.63) is 0 Å². The summed E-state index contributed by atoms with van der Waals surface area (Å²) in [6.45, 7) is 3.84. The van der Waals surface area contributed by atoms with Gasteiger partial charge in [0.15, 0.2) is 0 Å². The molecule has 1 N–H and O–H groups in total. The van der Waals surface area contributed by atoms with Gasteiger partial charge < -0.3 is 5.32 Å². The maximum Gasteiger partial charge on any atom is 0.230 e. The molecule has 0 bridgehead atoms. The Balaban J connectivity index is 3.76. The molecule has 60 valence electrons. The molecule has 0 aromatic heterocycles. The van der Waals surface area contributed by atoms with Gasteiger partial charge in [0.1, 0.15) is 0 Å². The maximum absolute atomic E-state index is 10.8. The topological polar surface area (TPSA) is 29.1 Å². The fourth-order valence-corrected chi connectivity index (χ4v) is 0.615. The van der Waals surface area contributed by atoms with Crippen LogP contribution in [0, 0.1) is 0 Å². The van der Waals surface area contributed by atoms with Crippen LogP contribution >= 0.6 is 25.3 Å². The van der Waals surface area contributed by atoms with Gasteiger partial charge in [0.25, 0.3) is 0 Å². The van der Waals surface area contributed by atoms with Crippen LogP contribution < -0.4 is 5.32 Å². The molecule has 0 aliphatic carbocycles. The highest BCUT2D eigenvalue weighted by Crippen LogP contribution is 2.03. The van der Waals surface area contributed by atoms with E-state index < -0.39 is 0 Å². The van der Waals surface area contributed by atoms with E-state index in [-0.39, 0.29) is 17.2 Å². The van der Waals surface area contributed by atoms with Crippen molar-refractivity contribution in [3.63, 3.8) is 0 Å². The van der Waals surface area contributed by atoms with Crippen LogP contribution in [0.3, 0.4) is 0 Å². The Labute approximate surface area is 72.6 Å². The third kappa shape index (κ3) is 4.06. The minimum Gasteiger partial charge on any atom is -0.350 e. The summed E-state index contributed by atoms with van der Waals surface area (Å²) in [5.74, 6) is 0.811. The first kappa shape index (κ1) is 10.2. The van der Waals surface area contributed by atoms with Crippen molar-refractivity contribution in [2.45, 2.75) is 19.4 Å². The van der Waals surface area contributed by atoms with Crippen LogP contribution in [-0.2, 0) is 4.79 Å². The lowest BCUT2D eigenvalue weighted by Gasteiger charge is -2.23. The van der Waals surface area contributed by atoms with E-state index in [1.807, 2.05) is 13.8 Å². The van der Waals surface area contributed by atoms with Crippen LogP contribution in [0.2, 0.25) is 0 Å². The lowest BCUT2D eigenvalue weighted by Crippen LogP contribution is -2.45. The van der Waals surface area contributed by atoms with Crippen molar-refractivity contribution in [1.29, 1.82) is 0 Å². The molecule has 2 nitrogen and oxygen atoms in total. The second-order valence-electron chi connectivity index (χ2n) is 2.75. The van der Waals surface area contributed by atoms with Gasteiger partial charge in [-0.25, -0.2) is 0 Å². The molecule has 0 aromatic rings. The van der Waals surface area contributed by atoms with E-state index in [9.17, 15) is 4.79 Å². The second-order valence-corrected chi connectivity index (χ2v) is 3.38. The molecule has 0 radical (unpaired) electrons. The largest absolute Gasteiger partial charge is 0.350 e. The van der Waals surface area contributed by atoms with Gasteiger partial charge in [-0.15, -0.1) is 0 Å². The standard InChI is InChI=1S/C6H13NOS2/c1-6(2,4-10)7-5(8)3-9/h9-10H,3-4H2,1-2H3,(H,7,8). The first-order valence-corrected chi connectivity index (χ1v) is 4.31. The quantitative estimate of drug-likeness (QED) is 0.548. The van der Waals surface area contributed by atoms with Crippen LogP contribution in [0.25, 0.3) is 0 Å². The van der Waals surface area contributed by atoms with Gasteiger partial charge in [0.05, 0.1) is 5.75 Å². The molecule has 0 atom stereocenters. The molecule has 0 aliphatic rings. The van der Waals surface area contributed by atoms with Crippen LogP contribution in [0.1, 0.15) is 13.8 Å². The highest BCUT2D eigenvalue weighted by Gasteiger charge is 2.16. The predicted molar refractivity (Wildman–Crippen MR) is 49.9 cm³/mol. The van der Waals surface area contributed by atoms with Gasteiger partial charge in [-0.05, 0) is 13.8 Å². The Morgan fingerprint density at radius 3 is 2.30 bits per heavy atom. The first-order chi connectivity index (χ1) is 4.52. The molecule has 0 heterocycles. The summed E-state index contributed by atoms with van der Waals surface area (Å²) in [6.07, 6.45) is 0. The van der Waals surface area contributed by atoms with Crippen LogP contribution in [0.5, 0.6) is 0 Å². The summed E-state index contributed by atoms with van der Waals surface area (Å²) < 4.78 is 0. The third-order valence-electron chi connectivity index (χ3n) is 1.02. The molecule has 0 aliphatic heterocycles. The third-order valence-corrected chi connectivity index (χ3v) is 2.09. The average Bonchev–Trinajstić information content (AvgIpc) is 1.87. The lowest BCUT2D eigenvalue weighted by atomic mass is 10.1. The van der Waals surface area contributed by atoms with Crippen LogP contribution in [0.4, 0.5) is 0 Å². The van der Waals surface area contributed by atoms with E-state index in [0.29, 0.717) is 5.75 Å². The van der Waals surface area contributed by atoms with Crippen LogP contribution in [0.15, 0.2) is 0 Å². The van der Waals surface area contributed by atoms with Crippen molar-refractivity contribution < 1.29 is 4.79 Å². The number of amides is 1. The summed E-state index contributed by atoms with van der Waals surface area (Å²) in [6, 6.07) is 0. The van der Waals surface area contributed by atoms with Gasteiger partial charge in [0.2, 0.25) is 5.91 Å². The minimum absolute atomic E-state index is 0.0533. The average molecular weight is 179 g/mol. The molecule has 0 saturated heterocycles. The van der Waals surface area contributed by atoms with E-state index in [0.717, 1.165) is 0 Å². The number of rotatable bonds is 3. The number of thiol groups is 2. The highest BCUT2D eigenvalue weighted by atomic mass is 32.1. The zero-order chi connectivity index (χ0) is 8.20. The van der Waals surface area contributed by atoms with E-state index in [1.54, 1.807) is 0 Å². The Hall–Kier alpha value is 0.170. The molecule has 4 heteroatoms. The molecule has 10 heavy (non-hydrogen) atoms. The summed E-state index contributed by atoms with van der Waals surface area (Å²) in [5, 5.41) is 2.76. The first-order valence-electron chi connectivity index (χ1n) is 3.04.